The predicted octanol–water partition coefficient (Wildman–Crippen LogP) is 0.871. The zero-order valence-electron chi connectivity index (χ0n) is 5.86. The third-order valence-corrected chi connectivity index (χ3v) is 0. The Morgan fingerprint density at radius 2 is 0.231 bits per heavy atom. The Labute approximate surface area is 160 Å². The maximum atomic E-state index is 0. The molecule has 7 nitrogen and oxygen atoms in total. The first-order valence-corrected chi connectivity index (χ1v) is 0. The second-order valence-corrected chi connectivity index (χ2v) is 0. The normalized spacial score (nSPS) is 0. The molecule has 0 unspecified atom stereocenters. The molecular weight excluding hydrogens is 884 g/mol. The molecule has 13 heteroatoms. The molecule has 0 bridgehead atoms. The van der Waals surface area contributed by atoms with Crippen LogP contribution in [-0.2, 0) is 60.3 Å². The van der Waals surface area contributed by atoms with Crippen LogP contribution in [0.2, 0.25) is 0 Å². The molecule has 0 aliphatic rings. The van der Waals surface area contributed by atoms with Gasteiger partial charge in [-0.25, -0.2) is 0 Å². The molecule has 0 aliphatic heterocycles. The van der Waals surface area contributed by atoms with Crippen molar-refractivity contribution in [3.05, 3.63) is 43.1 Å². The van der Waals surface area contributed by atoms with Gasteiger partial charge in [-0.15, -0.1) is 0 Å². The average Bonchev–Trinajstić information content (AvgIpc) is 0. The topological polar surface area (TPSA) is 214 Å². The number of nitrogens with zero attached hydrogens (tertiary/aromatic N) is 7. The molecule has 0 saturated carbocycles. The summed E-state index contributed by atoms with van der Waals surface area (Å²) in [6.07, 6.45) is 0. The second kappa shape index (κ2) is 259. The number of hydrogen-bond donors (Lipinski definition) is 0. The first-order valence-electron chi connectivity index (χ1n) is 0. The van der Waals surface area contributed by atoms with Crippen LogP contribution in [0.25, 0.3) is 43.1 Å². The summed E-state index contributed by atoms with van der Waals surface area (Å²) in [5.74, 6) is 0. The van der Waals surface area contributed by atoms with Gasteiger partial charge in [-0.05, 0) is 0 Å². The molecule has 13 heavy (non-hydrogen) atoms. The maximum Gasteiger partial charge on any atom is 4.00 e. The Hall–Kier alpha value is 3.58. The van der Waals surface area contributed by atoms with E-state index >= 15 is 0 Å². The van der Waals surface area contributed by atoms with Crippen LogP contribution in [0.1, 0.15) is 0 Å². The maximum absolute atomic E-state index is 0. The first-order chi connectivity index (χ1) is 0. The van der Waals surface area contributed by atoms with E-state index in [0.717, 1.165) is 0 Å². The number of rotatable bonds is 0. The first kappa shape index (κ1) is 314. The Morgan fingerprint density at radius 3 is 0.231 bits per heavy atom. The van der Waals surface area contributed by atoms with Crippen molar-refractivity contribution in [3.8, 4) is 0 Å². The fourth-order valence-electron chi connectivity index (χ4n) is 0. The Bertz CT molecular complexity index is 18.9. The van der Waals surface area contributed by atoms with Gasteiger partial charge in [0.05, 0.1) is 0 Å². The predicted molar refractivity (Wildman–Crippen MR) is 40.8 cm³/mol. The molecule has 0 aliphatic carbocycles. The molecule has 0 heterocycles. The Balaban J connectivity index is 0. The van der Waals surface area contributed by atoms with Gasteiger partial charge in [0.1, 0.15) is 0 Å². The van der Waals surface area contributed by atoms with Crippen LogP contribution in [0.15, 0.2) is 0 Å². The third-order valence-electron chi connectivity index (χ3n) is 0. The molecule has 3 radical (unpaired) electrons. The summed E-state index contributed by atoms with van der Waals surface area (Å²) in [7, 11) is 0. The Morgan fingerprint density at radius 1 is 0.231 bits per heavy atom. The van der Waals surface area contributed by atoms with E-state index in [2.05, 4.69) is 0 Å². The van der Waals surface area contributed by atoms with Crippen LogP contribution >= 0.6 is 0 Å². The van der Waals surface area contributed by atoms with E-state index in [1.54, 1.807) is 0 Å². The van der Waals surface area contributed by atoms with Crippen molar-refractivity contribution in [2.75, 3.05) is 0 Å². The van der Waals surface area contributed by atoms with E-state index in [4.69, 9.17) is 0 Å². The standard InChI is InChI=1S/3Ga.3Ir.7N/q3*+3;3*+4;7*-3. The SMILES string of the molecule is [Ga+3].[Ga+3].[Ga+3].[Ir+4].[Ir+4].[Ir+4].[N-3].[N-3].[N-3].[N-3].[N-3].[N-3].[N-3]. The van der Waals surface area contributed by atoms with E-state index < -0.39 is 0 Å². The smallest absolute Gasteiger partial charge is 3.00 e. The molecule has 0 spiro atoms. The fourth-order valence-corrected chi connectivity index (χ4v) is 0. The number of hydrogen-bond acceptors (Lipinski definition) is 0. The molecule has 0 aromatic heterocycles. The molecule has 0 aromatic carbocycles. The van der Waals surface area contributed by atoms with E-state index in [1.807, 2.05) is 0 Å². The van der Waals surface area contributed by atoms with Crippen molar-refractivity contribution in [1.82, 2.24) is 0 Å². The van der Waals surface area contributed by atoms with Crippen LogP contribution < -0.4 is 0 Å². The van der Waals surface area contributed by atoms with Crippen molar-refractivity contribution in [2.24, 2.45) is 0 Å². The third kappa shape index (κ3) is 224. The summed E-state index contributed by atoms with van der Waals surface area (Å²) in [6.45, 7) is 0. The van der Waals surface area contributed by atoms with Crippen molar-refractivity contribution in [2.45, 2.75) is 0 Å². The summed E-state index contributed by atoms with van der Waals surface area (Å²) >= 11 is 0. The van der Waals surface area contributed by atoms with Gasteiger partial charge >= 0.3 is 120 Å². The van der Waals surface area contributed by atoms with Crippen LogP contribution in [0, 0.1) is 0 Å². The zero-order chi connectivity index (χ0) is 0. The van der Waals surface area contributed by atoms with Gasteiger partial charge in [0.25, 0.3) is 0 Å². The minimum Gasteiger partial charge on any atom is -3.00 e. The summed E-state index contributed by atoms with van der Waals surface area (Å²) in [6, 6.07) is 0. The van der Waals surface area contributed by atoms with Crippen molar-refractivity contribution in [3.63, 3.8) is 0 Å². The minimum atomic E-state index is 0. The van der Waals surface area contributed by atoms with Gasteiger partial charge in [-0.3, -0.25) is 0 Å². The second-order valence-electron chi connectivity index (χ2n) is 0. The summed E-state index contributed by atoms with van der Waals surface area (Å²) in [5.41, 5.74) is 0. The summed E-state index contributed by atoms with van der Waals surface area (Å²) < 4.78 is 0. The molecule has 0 rings (SSSR count). The quantitative estimate of drug-likeness (QED) is 0.310. The van der Waals surface area contributed by atoms with Gasteiger partial charge in [0.2, 0.25) is 0 Å². The minimum absolute atomic E-state index is 0. The average molecular weight is 884 g/mol. The molecule has 0 aromatic rings. The monoisotopic (exact) mass is 884 g/mol. The van der Waals surface area contributed by atoms with Crippen LogP contribution in [0.5, 0.6) is 0 Å². The Kier molecular flexibility index (Phi) is 6260. The molecule has 71 valence electrons. The van der Waals surface area contributed by atoms with E-state index in [0.29, 0.717) is 0 Å². The zero-order valence-corrected chi connectivity index (χ0v) is 20.3. The summed E-state index contributed by atoms with van der Waals surface area (Å²) in [5, 5.41) is 0. The van der Waals surface area contributed by atoms with Crippen molar-refractivity contribution < 1.29 is 60.3 Å². The van der Waals surface area contributed by atoms with Crippen LogP contribution in [-0.4, -0.2) is 59.4 Å². The molecule has 0 atom stereocenters. The van der Waals surface area contributed by atoms with E-state index in [1.165, 1.54) is 0 Å². The summed E-state index contributed by atoms with van der Waals surface area (Å²) in [4.78, 5) is 0. The van der Waals surface area contributed by atoms with Crippen LogP contribution in [0.3, 0.4) is 0 Å². The van der Waals surface area contributed by atoms with E-state index in [9.17, 15) is 0 Å². The molecular formula is Ga3Ir3N7. The largest absolute Gasteiger partial charge is 4.00 e. The van der Waals surface area contributed by atoms with Crippen LogP contribution in [0.4, 0.5) is 0 Å². The molecule has 0 fully saturated rings. The fraction of sp³-hybridized carbons (Fsp3) is 0. The molecule has 0 amide bonds. The molecule has 0 saturated heterocycles. The van der Waals surface area contributed by atoms with Gasteiger partial charge in [0.15, 0.2) is 0 Å². The van der Waals surface area contributed by atoms with Gasteiger partial charge in [-0.1, -0.05) is 0 Å². The van der Waals surface area contributed by atoms with Crippen molar-refractivity contribution >= 4 is 59.4 Å². The molecule has 0 N–H and O–H groups in total. The van der Waals surface area contributed by atoms with Gasteiger partial charge in [0, 0.05) is 0 Å². The van der Waals surface area contributed by atoms with Gasteiger partial charge in [-0.2, -0.15) is 0 Å². The van der Waals surface area contributed by atoms with Gasteiger partial charge < -0.3 is 43.1 Å². The van der Waals surface area contributed by atoms with Crippen molar-refractivity contribution in [1.29, 1.82) is 0 Å². The van der Waals surface area contributed by atoms with E-state index in [-0.39, 0.29) is 163 Å².